The Hall–Kier alpha value is -1.17. The van der Waals surface area contributed by atoms with Crippen LogP contribution in [0.2, 0.25) is 15.1 Å². The number of halogens is 3. The van der Waals surface area contributed by atoms with E-state index in [2.05, 4.69) is 27.4 Å². The van der Waals surface area contributed by atoms with E-state index in [0.717, 1.165) is 23.3 Å². The average Bonchev–Trinajstić information content (AvgIpc) is 2.76. The first-order valence-corrected chi connectivity index (χ1v) is 13.3. The number of benzene rings is 2. The summed E-state index contributed by atoms with van der Waals surface area (Å²) in [6.45, 7) is 10.3. The number of amides is 1. The van der Waals surface area contributed by atoms with Crippen LogP contribution >= 0.6 is 46.6 Å². The number of morpholine rings is 1. The van der Waals surface area contributed by atoms with E-state index in [0.29, 0.717) is 26.7 Å². The van der Waals surface area contributed by atoms with Gasteiger partial charge in [0.2, 0.25) is 0 Å². The lowest BCUT2D eigenvalue weighted by molar-refractivity contribution is -0.178. The second-order valence-corrected chi connectivity index (χ2v) is 11.4. The Morgan fingerprint density at radius 1 is 1.06 bits per heavy atom. The van der Waals surface area contributed by atoms with E-state index < -0.39 is 12.2 Å². The molecule has 0 saturated carbocycles. The molecule has 0 aliphatic carbocycles. The van der Waals surface area contributed by atoms with E-state index in [9.17, 15) is 4.79 Å². The fourth-order valence-electron chi connectivity index (χ4n) is 4.17. The normalized spacial score (nSPS) is 22.0. The lowest BCUT2D eigenvalue weighted by Gasteiger charge is -2.48. The Kier molecular flexibility index (Phi) is 9.61. The van der Waals surface area contributed by atoms with Gasteiger partial charge in [-0.1, -0.05) is 73.8 Å². The van der Waals surface area contributed by atoms with Gasteiger partial charge in [0.05, 0.1) is 6.04 Å². The lowest BCUT2D eigenvalue weighted by Crippen LogP contribution is -2.55. The molecule has 0 aromatic heterocycles. The minimum Gasteiger partial charge on any atom is -0.358 e. The molecule has 1 fully saturated rings. The topological polar surface area (TPSA) is 29.5 Å². The van der Waals surface area contributed by atoms with Crippen LogP contribution in [0.25, 0.3) is 0 Å². The van der Waals surface area contributed by atoms with Crippen molar-refractivity contribution >= 4 is 52.5 Å². The summed E-state index contributed by atoms with van der Waals surface area (Å²) in [7, 11) is 0. The van der Waals surface area contributed by atoms with Crippen LogP contribution in [-0.2, 0) is 9.53 Å². The predicted molar refractivity (Wildman–Crippen MR) is 142 cm³/mol. The summed E-state index contributed by atoms with van der Waals surface area (Å²) in [5.74, 6) is 0.823. The Morgan fingerprint density at radius 3 is 2.24 bits per heavy atom. The molecule has 0 bridgehead atoms. The number of nitrogens with zero attached hydrogens (tertiary/aromatic N) is 1. The van der Waals surface area contributed by atoms with E-state index in [1.54, 1.807) is 12.1 Å². The monoisotopic (exact) mass is 525 g/mol. The molecule has 4 atom stereocenters. The van der Waals surface area contributed by atoms with E-state index in [-0.39, 0.29) is 18.0 Å². The van der Waals surface area contributed by atoms with Crippen molar-refractivity contribution in [1.82, 2.24) is 4.90 Å². The maximum absolute atomic E-state index is 13.8. The minimum absolute atomic E-state index is 0.0181. The molecule has 1 aliphatic heterocycles. The highest BCUT2D eigenvalue weighted by atomic mass is 35.5. The van der Waals surface area contributed by atoms with Crippen LogP contribution in [0.15, 0.2) is 55.1 Å². The van der Waals surface area contributed by atoms with Gasteiger partial charge in [0.15, 0.2) is 0 Å². The number of carbonyl (C=O) groups is 1. The van der Waals surface area contributed by atoms with Gasteiger partial charge < -0.3 is 9.64 Å². The van der Waals surface area contributed by atoms with E-state index >= 15 is 0 Å². The van der Waals surface area contributed by atoms with Gasteiger partial charge in [0.1, 0.15) is 12.2 Å². The van der Waals surface area contributed by atoms with E-state index in [4.69, 9.17) is 39.5 Å². The summed E-state index contributed by atoms with van der Waals surface area (Å²) in [6, 6.07) is 12.8. The van der Waals surface area contributed by atoms with Gasteiger partial charge in [-0.2, -0.15) is 11.8 Å². The highest BCUT2D eigenvalue weighted by molar-refractivity contribution is 7.99. The first kappa shape index (κ1) is 26.4. The molecule has 0 N–H and O–H groups in total. The van der Waals surface area contributed by atoms with Crippen molar-refractivity contribution in [2.75, 3.05) is 5.75 Å². The van der Waals surface area contributed by atoms with Gasteiger partial charge in [0, 0.05) is 33.3 Å². The summed E-state index contributed by atoms with van der Waals surface area (Å²) in [5.41, 5.74) is 1.80. The summed E-state index contributed by atoms with van der Waals surface area (Å²) in [6.07, 6.45) is 1.94. The highest BCUT2D eigenvalue weighted by Gasteiger charge is 2.46. The lowest BCUT2D eigenvalue weighted by atomic mass is 9.89. The Balaban J connectivity index is 2.16. The quantitative estimate of drug-likeness (QED) is 0.309. The first-order valence-electron chi connectivity index (χ1n) is 11.2. The van der Waals surface area contributed by atoms with Gasteiger partial charge in [-0.25, -0.2) is 0 Å². The van der Waals surface area contributed by atoms with Crippen LogP contribution in [0, 0.1) is 0 Å². The number of carbonyl (C=O) groups excluding carboxylic acids is 1. The molecule has 3 nitrogen and oxygen atoms in total. The van der Waals surface area contributed by atoms with Crippen LogP contribution in [0.4, 0.5) is 0 Å². The number of thioether (sulfide) groups is 1. The van der Waals surface area contributed by atoms with Crippen molar-refractivity contribution in [3.05, 3.63) is 81.3 Å². The molecular formula is C26H30Cl3NO2S. The van der Waals surface area contributed by atoms with Gasteiger partial charge in [-0.05, 0) is 53.1 Å². The zero-order chi connectivity index (χ0) is 24.1. The van der Waals surface area contributed by atoms with Crippen molar-refractivity contribution in [1.29, 1.82) is 0 Å². The summed E-state index contributed by atoms with van der Waals surface area (Å²) in [5, 5.41) is 2.17. The SMILES string of the molecule is C=CC[C@@H]1O[C@H](c2cc(Cl)cc(Cl)c2)[C@@H](c2ccc(Cl)cc2)N([C@@H](CC)CSC(C)C)C1=O. The van der Waals surface area contributed by atoms with Crippen molar-refractivity contribution in [3.63, 3.8) is 0 Å². The molecular weight excluding hydrogens is 497 g/mol. The molecule has 0 spiro atoms. The number of rotatable bonds is 9. The predicted octanol–water partition coefficient (Wildman–Crippen LogP) is 8.15. The van der Waals surface area contributed by atoms with Crippen molar-refractivity contribution in [2.24, 2.45) is 0 Å². The molecule has 1 saturated heterocycles. The van der Waals surface area contributed by atoms with Crippen LogP contribution in [0.3, 0.4) is 0 Å². The third-order valence-corrected chi connectivity index (χ3v) is 7.65. The Morgan fingerprint density at radius 2 is 1.70 bits per heavy atom. The zero-order valence-corrected chi connectivity index (χ0v) is 22.2. The number of hydrogen-bond acceptors (Lipinski definition) is 3. The molecule has 33 heavy (non-hydrogen) atoms. The largest absolute Gasteiger partial charge is 0.358 e. The summed E-state index contributed by atoms with van der Waals surface area (Å²) < 4.78 is 6.46. The second kappa shape index (κ2) is 12.0. The van der Waals surface area contributed by atoms with Crippen molar-refractivity contribution in [2.45, 2.75) is 63.2 Å². The van der Waals surface area contributed by atoms with Gasteiger partial charge in [-0.3, -0.25) is 4.79 Å². The van der Waals surface area contributed by atoms with Crippen LogP contribution in [-0.4, -0.2) is 34.0 Å². The Bertz CT molecular complexity index is 946. The first-order chi connectivity index (χ1) is 15.7. The minimum atomic E-state index is -0.619. The van der Waals surface area contributed by atoms with E-state index in [1.165, 1.54) is 0 Å². The average molecular weight is 527 g/mol. The molecule has 178 valence electrons. The molecule has 2 aromatic carbocycles. The van der Waals surface area contributed by atoms with Crippen LogP contribution in [0.5, 0.6) is 0 Å². The smallest absolute Gasteiger partial charge is 0.252 e. The molecule has 1 heterocycles. The zero-order valence-electron chi connectivity index (χ0n) is 19.1. The Labute approximate surface area is 216 Å². The number of ether oxygens (including phenoxy) is 1. The van der Waals surface area contributed by atoms with Gasteiger partial charge >= 0.3 is 0 Å². The van der Waals surface area contributed by atoms with Crippen LogP contribution < -0.4 is 0 Å². The molecule has 0 unspecified atom stereocenters. The highest BCUT2D eigenvalue weighted by Crippen LogP contribution is 2.45. The van der Waals surface area contributed by atoms with E-state index in [1.807, 2.05) is 53.1 Å². The molecule has 3 rings (SSSR count). The van der Waals surface area contributed by atoms with Gasteiger partial charge in [-0.15, -0.1) is 6.58 Å². The summed E-state index contributed by atoms with van der Waals surface area (Å²) in [4.78, 5) is 15.8. The fourth-order valence-corrected chi connectivity index (χ4v) is 5.84. The number of hydrogen-bond donors (Lipinski definition) is 0. The summed E-state index contributed by atoms with van der Waals surface area (Å²) >= 11 is 20.8. The van der Waals surface area contributed by atoms with Crippen LogP contribution in [0.1, 0.15) is 56.9 Å². The third-order valence-electron chi connectivity index (χ3n) is 5.72. The van der Waals surface area contributed by atoms with Crippen molar-refractivity contribution in [3.8, 4) is 0 Å². The standard InChI is InChI=1S/C26H30Cl3NO2S/c1-5-7-23-26(31)30(22(6-2)15-33-16(3)4)24(17-8-10-19(27)11-9-17)25(32-23)18-12-20(28)14-21(29)13-18/h5,8-14,16,22-25H,1,6-7,15H2,2-4H3/t22-,23-,24+,25+/m0/s1. The molecule has 2 aromatic rings. The molecule has 7 heteroatoms. The molecule has 1 aliphatic rings. The third kappa shape index (κ3) is 6.49. The molecule has 1 amide bonds. The maximum atomic E-state index is 13.8. The second-order valence-electron chi connectivity index (χ2n) is 8.46. The fraction of sp³-hybridized carbons (Fsp3) is 0.423. The van der Waals surface area contributed by atoms with Crippen molar-refractivity contribution < 1.29 is 9.53 Å². The molecule has 0 radical (unpaired) electrons. The maximum Gasteiger partial charge on any atom is 0.252 e. The van der Waals surface area contributed by atoms with Gasteiger partial charge in [0.25, 0.3) is 5.91 Å².